The molecule has 0 N–H and O–H groups in total. The number of carbonyl (C=O) groups is 2. The maximum atomic E-state index is 12.8. The summed E-state index contributed by atoms with van der Waals surface area (Å²) in [6.45, 7) is 15.8. The minimum absolute atomic E-state index is 0.0209. The highest BCUT2D eigenvalue weighted by molar-refractivity contribution is 9.10. The number of ether oxygens (including phenoxy) is 1. The smallest absolute Gasteiger partial charge is 0.305 e. The number of allylic oxidation sites excluding steroid dienone is 3. The Morgan fingerprint density at radius 3 is 2.59 bits per heavy atom. The summed E-state index contributed by atoms with van der Waals surface area (Å²) in [4.78, 5) is 26.8. The fourth-order valence-corrected chi connectivity index (χ4v) is 7.51. The molecule has 1 aromatic rings. The average molecular weight is 612 g/mol. The first-order valence-corrected chi connectivity index (χ1v) is 18.1. The van der Waals surface area contributed by atoms with E-state index in [0.717, 1.165) is 32.1 Å². The summed E-state index contributed by atoms with van der Waals surface area (Å²) in [6.07, 6.45) is 14.2. The molecule has 1 unspecified atom stereocenters. The summed E-state index contributed by atoms with van der Waals surface area (Å²) in [5, 5.41) is 0.138. The molecule has 208 valence electrons. The number of unbranched alkanes of at least 4 members (excludes halogenated alkanes) is 1. The molecule has 0 aliphatic heterocycles. The van der Waals surface area contributed by atoms with Gasteiger partial charge < -0.3 is 9.16 Å². The van der Waals surface area contributed by atoms with Gasteiger partial charge in [0.1, 0.15) is 5.78 Å². The second-order valence-corrected chi connectivity index (χ2v) is 18.9. The van der Waals surface area contributed by atoms with Gasteiger partial charge >= 0.3 is 5.97 Å². The van der Waals surface area contributed by atoms with Crippen LogP contribution in [0, 0.1) is 24.7 Å². The Hall–Kier alpha value is -1.02. The minimum Gasteiger partial charge on any atom is -0.469 e. The van der Waals surface area contributed by atoms with E-state index in [9.17, 15) is 9.59 Å². The van der Waals surface area contributed by atoms with Crippen molar-refractivity contribution in [2.45, 2.75) is 104 Å². The van der Waals surface area contributed by atoms with Crippen molar-refractivity contribution in [2.75, 3.05) is 7.11 Å². The van der Waals surface area contributed by atoms with Crippen molar-refractivity contribution < 1.29 is 18.8 Å². The molecule has 1 aromatic heterocycles. The summed E-state index contributed by atoms with van der Waals surface area (Å²) in [5.74, 6) is 0.783. The van der Waals surface area contributed by atoms with Crippen LogP contribution in [0.5, 0.6) is 0 Å². The Morgan fingerprint density at radius 2 is 2.00 bits per heavy atom. The van der Waals surface area contributed by atoms with Crippen LogP contribution in [0.15, 0.2) is 34.8 Å². The van der Waals surface area contributed by atoms with Gasteiger partial charge in [-0.25, -0.2) is 0 Å². The number of hydrogen-bond acceptors (Lipinski definition) is 5. The van der Waals surface area contributed by atoms with Gasteiger partial charge in [-0.05, 0) is 91.0 Å². The van der Waals surface area contributed by atoms with Crippen molar-refractivity contribution >= 4 is 47.3 Å². The number of Topliss-reactive ketones (excluding diaryl/α,β-unsaturated/α-hetero) is 1. The number of methoxy groups -OCH3 is 1. The zero-order chi connectivity index (χ0) is 27.8. The predicted molar refractivity (Wildman–Crippen MR) is 162 cm³/mol. The van der Waals surface area contributed by atoms with Crippen molar-refractivity contribution in [3.8, 4) is 0 Å². The average Bonchev–Trinajstić information content (AvgIpc) is 3.27. The number of rotatable bonds is 13. The van der Waals surface area contributed by atoms with Crippen LogP contribution < -0.4 is 0 Å². The highest BCUT2D eigenvalue weighted by atomic mass is 79.9. The van der Waals surface area contributed by atoms with Crippen LogP contribution in [-0.4, -0.2) is 33.3 Å². The Morgan fingerprint density at radius 1 is 1.30 bits per heavy atom. The number of thiophene rings is 1. The fraction of sp³-hybridized carbons (Fsp3) is 0.667. The molecule has 0 saturated heterocycles. The van der Waals surface area contributed by atoms with Crippen LogP contribution in [0.1, 0.15) is 76.0 Å². The molecule has 0 radical (unpaired) electrons. The van der Waals surface area contributed by atoms with Crippen molar-refractivity contribution in [3.63, 3.8) is 0 Å². The van der Waals surface area contributed by atoms with Gasteiger partial charge in [-0.2, -0.15) is 0 Å². The van der Waals surface area contributed by atoms with E-state index in [0.29, 0.717) is 24.5 Å². The largest absolute Gasteiger partial charge is 0.469 e. The molecule has 4 nitrogen and oxygen atoms in total. The first kappa shape index (κ1) is 32.2. The third-order valence-corrected chi connectivity index (χ3v) is 14.7. The lowest BCUT2D eigenvalue weighted by atomic mass is 9.87. The third-order valence-electron chi connectivity index (χ3n) is 7.98. The molecular formula is C30H47BrO4SSi. The molecule has 0 amide bonds. The SMILES string of the molecule is COC(=O)CCC/C=C\C[C@H]1C(=O)CC(C)[C@@H]1/C=C/[C@H](CCc1cc(Br)c(C)s1)O[Si](C)(C)C(C)(C)C. The maximum absolute atomic E-state index is 12.8. The Labute approximate surface area is 238 Å². The molecule has 0 aromatic carbocycles. The van der Waals surface area contributed by atoms with E-state index in [1.54, 1.807) is 0 Å². The molecule has 1 fully saturated rings. The Bertz CT molecular complexity index is 940. The van der Waals surface area contributed by atoms with E-state index >= 15 is 0 Å². The fourth-order valence-electron chi connectivity index (χ4n) is 4.58. The van der Waals surface area contributed by atoms with E-state index in [-0.39, 0.29) is 28.9 Å². The summed E-state index contributed by atoms with van der Waals surface area (Å²) >= 11 is 5.50. The van der Waals surface area contributed by atoms with E-state index in [1.807, 2.05) is 11.3 Å². The van der Waals surface area contributed by atoms with Crippen molar-refractivity contribution in [2.24, 2.45) is 17.8 Å². The van der Waals surface area contributed by atoms with Gasteiger partial charge in [0.05, 0.1) is 13.2 Å². The monoisotopic (exact) mass is 610 g/mol. The molecule has 37 heavy (non-hydrogen) atoms. The number of carbonyl (C=O) groups excluding carboxylic acids is 2. The first-order chi connectivity index (χ1) is 17.2. The highest BCUT2D eigenvalue weighted by Gasteiger charge is 2.40. The van der Waals surface area contributed by atoms with Crippen molar-refractivity contribution in [1.29, 1.82) is 0 Å². The van der Waals surface area contributed by atoms with Gasteiger partial charge in [0.25, 0.3) is 0 Å². The van der Waals surface area contributed by atoms with Gasteiger partial charge in [0, 0.05) is 33.0 Å². The number of hydrogen-bond donors (Lipinski definition) is 0. The zero-order valence-corrected chi connectivity index (χ0v) is 27.5. The molecule has 0 spiro atoms. The number of halogens is 1. The molecule has 1 saturated carbocycles. The van der Waals surface area contributed by atoms with E-state index in [1.165, 1.54) is 21.3 Å². The molecule has 2 rings (SSSR count). The van der Waals surface area contributed by atoms with Gasteiger partial charge in [0.15, 0.2) is 8.32 Å². The summed E-state index contributed by atoms with van der Waals surface area (Å²) < 4.78 is 12.8. The first-order valence-electron chi connectivity index (χ1n) is 13.6. The predicted octanol–water partition coefficient (Wildman–Crippen LogP) is 8.83. The lowest BCUT2D eigenvalue weighted by molar-refractivity contribution is -0.140. The molecule has 1 heterocycles. The van der Waals surface area contributed by atoms with Gasteiger partial charge in [0.2, 0.25) is 0 Å². The number of ketones is 1. The molecule has 1 aliphatic rings. The second-order valence-electron chi connectivity index (χ2n) is 12.0. The van der Waals surface area contributed by atoms with Crippen LogP contribution in [0.3, 0.4) is 0 Å². The minimum atomic E-state index is -1.95. The molecular weight excluding hydrogens is 564 g/mol. The quantitative estimate of drug-likeness (QED) is 0.0968. The number of aryl methyl sites for hydroxylation is 2. The zero-order valence-electron chi connectivity index (χ0n) is 24.1. The standard InChI is InChI=1S/C30H47BrO4SSi/c1-21-19-28(32)26(13-11-9-10-12-14-29(33)34-6)25(21)18-16-23(35-37(7,8)30(3,4)5)15-17-24-20-27(31)22(2)36-24/h9,11,16,18,20-21,23,25-26H,10,12-15,17,19H2,1-8H3/b11-9-,18-16+/t21?,23-,25-,26+/m0/s1. The second kappa shape index (κ2) is 14.4. The van der Waals surface area contributed by atoms with Crippen LogP contribution in [0.2, 0.25) is 18.1 Å². The lowest BCUT2D eigenvalue weighted by Crippen LogP contribution is -2.43. The van der Waals surface area contributed by atoms with Crippen LogP contribution >= 0.6 is 27.3 Å². The lowest BCUT2D eigenvalue weighted by Gasteiger charge is -2.38. The summed E-state index contributed by atoms with van der Waals surface area (Å²) in [7, 11) is -0.530. The van der Waals surface area contributed by atoms with E-state index < -0.39 is 8.32 Å². The Balaban J connectivity index is 2.10. The van der Waals surface area contributed by atoms with Gasteiger partial charge in [-0.1, -0.05) is 52.0 Å². The number of esters is 1. The van der Waals surface area contributed by atoms with Crippen LogP contribution in [0.25, 0.3) is 0 Å². The topological polar surface area (TPSA) is 52.6 Å². The molecule has 0 bridgehead atoms. The molecule has 7 heteroatoms. The maximum Gasteiger partial charge on any atom is 0.305 e. The van der Waals surface area contributed by atoms with Crippen molar-refractivity contribution in [1.82, 2.24) is 0 Å². The normalized spacial score (nSPS) is 21.9. The Kier molecular flexibility index (Phi) is 12.5. The van der Waals surface area contributed by atoms with Crippen LogP contribution in [-0.2, 0) is 25.2 Å². The van der Waals surface area contributed by atoms with Gasteiger partial charge in [-0.15, -0.1) is 11.3 Å². The third kappa shape index (κ3) is 9.90. The van der Waals surface area contributed by atoms with Crippen molar-refractivity contribution in [3.05, 3.63) is 44.6 Å². The highest BCUT2D eigenvalue weighted by Crippen LogP contribution is 2.40. The summed E-state index contributed by atoms with van der Waals surface area (Å²) in [5.41, 5.74) is 0. The molecule has 1 aliphatic carbocycles. The van der Waals surface area contributed by atoms with Gasteiger partial charge in [-0.3, -0.25) is 9.59 Å². The van der Waals surface area contributed by atoms with Crippen LogP contribution in [0.4, 0.5) is 0 Å². The summed E-state index contributed by atoms with van der Waals surface area (Å²) in [6, 6.07) is 2.23. The van der Waals surface area contributed by atoms with E-state index in [2.05, 4.69) is 94.0 Å². The molecule has 4 atom stereocenters. The van der Waals surface area contributed by atoms with E-state index in [4.69, 9.17) is 9.16 Å².